The monoisotopic (exact) mass is 550 g/mol. The first-order chi connectivity index (χ1) is 16.6. The topological polar surface area (TPSA) is 112 Å². The number of benzene rings is 1. The van der Waals surface area contributed by atoms with E-state index in [1.54, 1.807) is 18.3 Å². The van der Waals surface area contributed by atoms with Gasteiger partial charge >= 0.3 is 6.18 Å². The Kier molecular flexibility index (Phi) is 8.51. The molecule has 2 fully saturated rings. The zero-order valence-corrected chi connectivity index (χ0v) is 20.7. The Morgan fingerprint density at radius 3 is 2.08 bits per heavy atom. The number of nitrogens with one attached hydrogen (secondary N) is 1. The Morgan fingerprint density at radius 2 is 1.58 bits per heavy atom. The van der Waals surface area contributed by atoms with E-state index in [4.69, 9.17) is 9.94 Å². The maximum absolute atomic E-state index is 13.4. The minimum absolute atomic E-state index is 0. The summed E-state index contributed by atoms with van der Waals surface area (Å²) in [4.78, 5) is 18.7. The summed E-state index contributed by atoms with van der Waals surface area (Å²) in [6.07, 6.45) is -2.93. The normalized spacial score (nSPS) is 18.8. The second-order valence-corrected chi connectivity index (χ2v) is 10.7. The van der Waals surface area contributed by atoms with Crippen molar-refractivity contribution in [3.63, 3.8) is 0 Å². The molecule has 9 nitrogen and oxygen atoms in total. The molecule has 0 spiro atoms. The fraction of sp³-hybridized carbons (Fsp3) is 0.455. The molecule has 0 bridgehead atoms. The first kappa shape index (κ1) is 28.1. The lowest BCUT2D eigenvalue weighted by Gasteiger charge is -2.41. The van der Waals surface area contributed by atoms with Crippen molar-refractivity contribution >= 4 is 34.2 Å². The minimum atomic E-state index is -4.40. The molecule has 2 saturated heterocycles. The number of piperazine rings is 1. The van der Waals surface area contributed by atoms with Crippen LogP contribution >= 0.6 is 12.4 Å². The summed E-state index contributed by atoms with van der Waals surface area (Å²) in [5.74, 6) is -0.352. The van der Waals surface area contributed by atoms with E-state index in [-0.39, 0.29) is 51.6 Å². The Labute approximate surface area is 212 Å². The molecule has 3 heterocycles. The van der Waals surface area contributed by atoms with E-state index in [1.165, 1.54) is 21.9 Å². The lowest BCUT2D eigenvalue weighted by molar-refractivity contribution is -0.137. The molecule has 2 aliphatic heterocycles. The van der Waals surface area contributed by atoms with Crippen LogP contribution in [0, 0.1) is 0 Å². The molecule has 2 aromatic rings. The molecule has 36 heavy (non-hydrogen) atoms. The zero-order valence-electron chi connectivity index (χ0n) is 19.1. The van der Waals surface area contributed by atoms with Crippen LogP contribution in [0.5, 0.6) is 0 Å². The van der Waals surface area contributed by atoms with Crippen LogP contribution in [0.2, 0.25) is 0 Å². The van der Waals surface area contributed by atoms with Crippen molar-refractivity contribution in [3.05, 3.63) is 48.2 Å². The van der Waals surface area contributed by atoms with Gasteiger partial charge in [-0.05, 0) is 29.8 Å². The van der Waals surface area contributed by atoms with E-state index in [0.717, 1.165) is 12.1 Å². The molecule has 198 valence electrons. The standard InChI is InChI=1S/C22H25F3N4O5S.ClH/c23-22(24,25)18-4-1-16(2-5-18)17-3-6-19(26-15-17)28-9-11-29(12-10-28)35(32,33)21(20(30)27-31)7-13-34-14-8-21;/h1-6,15,31H,7-14H2,(H,27,30);1H. The summed E-state index contributed by atoms with van der Waals surface area (Å²) in [6.45, 7) is 1.12. The van der Waals surface area contributed by atoms with Crippen LogP contribution in [0.3, 0.4) is 0 Å². The molecule has 4 rings (SSSR count). The second kappa shape index (κ2) is 10.9. The van der Waals surface area contributed by atoms with E-state index in [9.17, 15) is 26.4 Å². The van der Waals surface area contributed by atoms with Crippen LogP contribution in [0.4, 0.5) is 19.0 Å². The third-order valence-electron chi connectivity index (χ3n) is 6.51. The molecule has 1 amide bonds. The predicted molar refractivity (Wildman–Crippen MR) is 127 cm³/mol. The van der Waals surface area contributed by atoms with Crippen molar-refractivity contribution in [1.29, 1.82) is 0 Å². The summed E-state index contributed by atoms with van der Waals surface area (Å²) < 4.78 is 69.8. The number of alkyl halides is 3. The SMILES string of the molecule is Cl.O=C(NO)C1(S(=O)(=O)N2CCN(c3ccc(-c4ccc(C(F)(F)F)cc4)cn3)CC2)CCOCC1. The fourth-order valence-electron chi connectivity index (χ4n) is 4.41. The van der Waals surface area contributed by atoms with Gasteiger partial charge < -0.3 is 9.64 Å². The number of carbonyl (C=O) groups is 1. The molecule has 2 N–H and O–H groups in total. The van der Waals surface area contributed by atoms with Crippen LogP contribution in [-0.2, 0) is 25.7 Å². The third kappa shape index (κ3) is 5.30. The van der Waals surface area contributed by atoms with Gasteiger partial charge in [0.05, 0.1) is 5.56 Å². The molecular weight excluding hydrogens is 525 g/mol. The molecule has 14 heteroatoms. The van der Waals surface area contributed by atoms with Crippen molar-refractivity contribution in [3.8, 4) is 11.1 Å². The zero-order chi connectivity index (χ0) is 25.3. The molecule has 0 saturated carbocycles. The first-order valence-electron chi connectivity index (χ1n) is 11.0. The molecule has 0 atom stereocenters. The molecule has 2 aliphatic rings. The predicted octanol–water partition coefficient (Wildman–Crippen LogP) is 2.70. The number of hydroxylamine groups is 1. The van der Waals surface area contributed by atoms with Gasteiger partial charge in [0, 0.05) is 64.0 Å². The Bertz CT molecular complexity index is 1150. The highest BCUT2D eigenvalue weighted by atomic mass is 35.5. The van der Waals surface area contributed by atoms with Gasteiger partial charge in [0.15, 0.2) is 4.75 Å². The first-order valence-corrected chi connectivity index (χ1v) is 12.4. The summed E-state index contributed by atoms with van der Waals surface area (Å²) in [5, 5.41) is 9.17. The molecule has 1 aromatic heterocycles. The van der Waals surface area contributed by atoms with Crippen LogP contribution in [0.15, 0.2) is 42.6 Å². The third-order valence-corrected chi connectivity index (χ3v) is 9.13. The van der Waals surface area contributed by atoms with Crippen LogP contribution in [-0.4, -0.2) is 73.0 Å². The van der Waals surface area contributed by atoms with E-state index in [2.05, 4.69) is 4.98 Å². The van der Waals surface area contributed by atoms with Crippen LogP contribution < -0.4 is 10.4 Å². The molecule has 0 radical (unpaired) electrons. The summed E-state index contributed by atoms with van der Waals surface area (Å²) >= 11 is 0. The highest BCUT2D eigenvalue weighted by Crippen LogP contribution is 2.34. The molecule has 0 aliphatic carbocycles. The molecule has 1 aromatic carbocycles. The number of ether oxygens (including phenoxy) is 1. The second-order valence-electron chi connectivity index (χ2n) is 8.42. The van der Waals surface area contributed by atoms with Gasteiger partial charge in [0.25, 0.3) is 5.91 Å². The number of halogens is 4. The maximum Gasteiger partial charge on any atom is 0.416 e. The lowest BCUT2D eigenvalue weighted by atomic mass is 9.98. The number of anilines is 1. The summed E-state index contributed by atoms with van der Waals surface area (Å²) in [5.41, 5.74) is 2.03. The van der Waals surface area contributed by atoms with Gasteiger partial charge in [-0.2, -0.15) is 17.5 Å². The number of hydrogen-bond donors (Lipinski definition) is 2. The van der Waals surface area contributed by atoms with Crippen molar-refractivity contribution in [2.75, 3.05) is 44.3 Å². The van der Waals surface area contributed by atoms with E-state index in [1.807, 2.05) is 4.90 Å². The number of nitrogens with zero attached hydrogens (tertiary/aromatic N) is 3. The van der Waals surface area contributed by atoms with Crippen LogP contribution in [0.25, 0.3) is 11.1 Å². The van der Waals surface area contributed by atoms with Crippen molar-refractivity contribution in [2.24, 2.45) is 0 Å². The molecule has 0 unspecified atom stereocenters. The smallest absolute Gasteiger partial charge is 0.381 e. The average Bonchev–Trinajstić information content (AvgIpc) is 2.88. The van der Waals surface area contributed by atoms with Crippen molar-refractivity contribution in [1.82, 2.24) is 14.8 Å². The van der Waals surface area contributed by atoms with Gasteiger partial charge in [-0.1, -0.05) is 12.1 Å². The minimum Gasteiger partial charge on any atom is -0.381 e. The Balaban J connectivity index is 0.00000361. The van der Waals surface area contributed by atoms with E-state index < -0.39 is 32.4 Å². The van der Waals surface area contributed by atoms with Gasteiger partial charge in [0.1, 0.15) is 5.82 Å². The van der Waals surface area contributed by atoms with Gasteiger partial charge in [-0.15, -0.1) is 12.4 Å². The largest absolute Gasteiger partial charge is 0.416 e. The number of hydrogen-bond acceptors (Lipinski definition) is 7. The number of carbonyl (C=O) groups excluding carboxylic acids is 1. The average molecular weight is 551 g/mol. The number of aromatic nitrogens is 1. The number of rotatable bonds is 5. The van der Waals surface area contributed by atoms with Crippen LogP contribution in [0.1, 0.15) is 18.4 Å². The molecular formula is C22H26ClF3N4O5S. The number of pyridine rings is 1. The Morgan fingerprint density at radius 1 is 1.00 bits per heavy atom. The number of sulfonamides is 1. The summed E-state index contributed by atoms with van der Waals surface area (Å²) in [6, 6.07) is 8.29. The van der Waals surface area contributed by atoms with Gasteiger partial charge in [-0.25, -0.2) is 18.9 Å². The van der Waals surface area contributed by atoms with Gasteiger partial charge in [0.2, 0.25) is 10.0 Å². The van der Waals surface area contributed by atoms with E-state index >= 15 is 0 Å². The Hall–Kier alpha value is -2.45. The number of amides is 1. The van der Waals surface area contributed by atoms with Gasteiger partial charge in [-0.3, -0.25) is 10.0 Å². The quantitative estimate of drug-likeness (QED) is 0.435. The fourth-order valence-corrected chi connectivity index (χ4v) is 6.51. The lowest BCUT2D eigenvalue weighted by Crippen LogP contribution is -2.62. The highest BCUT2D eigenvalue weighted by Gasteiger charge is 2.54. The van der Waals surface area contributed by atoms with Crippen molar-refractivity contribution in [2.45, 2.75) is 23.8 Å². The highest BCUT2D eigenvalue weighted by molar-refractivity contribution is 7.91. The van der Waals surface area contributed by atoms with E-state index in [0.29, 0.717) is 30.0 Å². The van der Waals surface area contributed by atoms with Crippen molar-refractivity contribution < 1.29 is 36.3 Å². The summed E-state index contributed by atoms with van der Waals surface area (Å²) in [7, 11) is -4.07. The maximum atomic E-state index is 13.4.